The Morgan fingerprint density at radius 3 is 2.36 bits per heavy atom. The molecule has 2 rings (SSSR count). The average Bonchev–Trinajstić information content (AvgIpc) is 2.50. The summed E-state index contributed by atoms with van der Waals surface area (Å²) in [5, 5.41) is 3.12. The van der Waals surface area contributed by atoms with Crippen LogP contribution in [0.2, 0.25) is 0 Å². The molecule has 1 N–H and O–H groups in total. The predicted molar refractivity (Wildman–Crippen MR) is 94.8 cm³/mol. The van der Waals surface area contributed by atoms with E-state index >= 15 is 0 Å². The lowest BCUT2D eigenvalue weighted by molar-refractivity contribution is 0.0937. The first-order valence-electron chi connectivity index (χ1n) is 7.45. The summed E-state index contributed by atoms with van der Waals surface area (Å²) >= 11 is 1.59. The minimum absolute atomic E-state index is 0.0123. The third-order valence-corrected chi connectivity index (χ3v) is 4.84. The second-order valence-electron chi connectivity index (χ2n) is 5.69. The molecule has 0 aliphatic heterocycles. The summed E-state index contributed by atoms with van der Waals surface area (Å²) in [6.07, 6.45) is 1.99. The van der Waals surface area contributed by atoms with Crippen LogP contribution in [0, 0.1) is 20.8 Å². The van der Waals surface area contributed by atoms with Gasteiger partial charge in [-0.05, 0) is 68.3 Å². The standard InChI is InChI=1S/C19H23NOS/c1-12-10-14(3)17(11-13(12)2)15(4)20-19(21)16-8-6-7-9-18(16)22-5/h6-11,15H,1-5H3,(H,20,21)/t15-/m0/s1. The lowest BCUT2D eigenvalue weighted by atomic mass is 9.96. The summed E-state index contributed by atoms with van der Waals surface area (Å²) in [4.78, 5) is 13.6. The van der Waals surface area contributed by atoms with Crippen LogP contribution in [0.15, 0.2) is 41.3 Å². The first kappa shape index (κ1) is 16.6. The van der Waals surface area contributed by atoms with Crippen molar-refractivity contribution in [1.29, 1.82) is 0 Å². The molecular weight excluding hydrogens is 290 g/mol. The fourth-order valence-electron chi connectivity index (χ4n) is 2.63. The molecule has 3 heteroatoms. The van der Waals surface area contributed by atoms with Gasteiger partial charge in [0, 0.05) is 4.90 Å². The van der Waals surface area contributed by atoms with Crippen LogP contribution < -0.4 is 5.32 Å². The van der Waals surface area contributed by atoms with Gasteiger partial charge < -0.3 is 5.32 Å². The normalized spacial score (nSPS) is 12.0. The van der Waals surface area contributed by atoms with Crippen LogP contribution in [0.4, 0.5) is 0 Å². The Balaban J connectivity index is 2.23. The molecule has 116 valence electrons. The van der Waals surface area contributed by atoms with E-state index in [0.717, 1.165) is 10.5 Å². The van der Waals surface area contributed by atoms with Crippen LogP contribution in [-0.4, -0.2) is 12.2 Å². The van der Waals surface area contributed by atoms with E-state index in [9.17, 15) is 4.79 Å². The molecule has 0 radical (unpaired) electrons. The second kappa shape index (κ2) is 7.01. The molecule has 0 bridgehead atoms. The molecule has 1 amide bonds. The molecule has 2 nitrogen and oxygen atoms in total. The molecule has 2 aromatic rings. The van der Waals surface area contributed by atoms with Crippen molar-refractivity contribution in [3.05, 3.63) is 64.2 Å². The van der Waals surface area contributed by atoms with Gasteiger partial charge in [0.1, 0.15) is 0 Å². The summed E-state index contributed by atoms with van der Waals surface area (Å²) < 4.78 is 0. The Bertz CT molecular complexity index is 694. The summed E-state index contributed by atoms with van der Waals surface area (Å²) in [5.41, 5.74) is 5.68. The van der Waals surface area contributed by atoms with Crippen LogP contribution in [0.3, 0.4) is 0 Å². The Hall–Kier alpha value is -1.74. The van der Waals surface area contributed by atoms with Gasteiger partial charge in [-0.1, -0.05) is 24.3 Å². The van der Waals surface area contributed by atoms with Gasteiger partial charge in [-0.3, -0.25) is 4.79 Å². The zero-order valence-corrected chi connectivity index (χ0v) is 14.7. The minimum Gasteiger partial charge on any atom is -0.345 e. The summed E-state index contributed by atoms with van der Waals surface area (Å²) in [6, 6.07) is 12.1. The van der Waals surface area contributed by atoms with Crippen LogP contribution in [-0.2, 0) is 0 Å². The van der Waals surface area contributed by atoms with Gasteiger partial charge in [0.25, 0.3) is 5.91 Å². The maximum Gasteiger partial charge on any atom is 0.252 e. The molecule has 0 spiro atoms. The van der Waals surface area contributed by atoms with Crippen molar-refractivity contribution in [2.24, 2.45) is 0 Å². The Morgan fingerprint density at radius 2 is 1.68 bits per heavy atom. The Morgan fingerprint density at radius 1 is 1.05 bits per heavy atom. The largest absolute Gasteiger partial charge is 0.345 e. The molecule has 0 heterocycles. The van der Waals surface area contributed by atoms with E-state index in [4.69, 9.17) is 0 Å². The van der Waals surface area contributed by atoms with Gasteiger partial charge >= 0.3 is 0 Å². The highest BCUT2D eigenvalue weighted by molar-refractivity contribution is 7.98. The maximum absolute atomic E-state index is 12.5. The molecule has 0 fully saturated rings. The van der Waals surface area contributed by atoms with E-state index in [2.05, 4.69) is 38.2 Å². The van der Waals surface area contributed by atoms with Crippen LogP contribution in [0.1, 0.15) is 45.6 Å². The number of carbonyl (C=O) groups is 1. The van der Waals surface area contributed by atoms with Gasteiger partial charge in [-0.15, -0.1) is 11.8 Å². The first-order valence-corrected chi connectivity index (χ1v) is 8.68. The number of hydrogen-bond donors (Lipinski definition) is 1. The third kappa shape index (κ3) is 3.53. The quantitative estimate of drug-likeness (QED) is 0.820. The molecule has 0 unspecified atom stereocenters. The molecule has 1 atom stereocenters. The fourth-order valence-corrected chi connectivity index (χ4v) is 3.23. The van der Waals surface area contributed by atoms with E-state index in [1.165, 1.54) is 22.3 Å². The lowest BCUT2D eigenvalue weighted by Gasteiger charge is -2.19. The molecule has 0 saturated heterocycles. The molecular formula is C19H23NOS. The topological polar surface area (TPSA) is 29.1 Å². The van der Waals surface area contributed by atoms with E-state index in [0.29, 0.717) is 0 Å². The van der Waals surface area contributed by atoms with Crippen LogP contribution >= 0.6 is 11.8 Å². The maximum atomic E-state index is 12.5. The van der Waals surface area contributed by atoms with Crippen molar-refractivity contribution in [3.63, 3.8) is 0 Å². The van der Waals surface area contributed by atoms with Gasteiger partial charge in [-0.2, -0.15) is 0 Å². The molecule has 22 heavy (non-hydrogen) atoms. The molecule has 0 saturated carbocycles. The second-order valence-corrected chi connectivity index (χ2v) is 6.54. The predicted octanol–water partition coefficient (Wildman–Crippen LogP) is 4.82. The molecule has 2 aromatic carbocycles. The van der Waals surface area contributed by atoms with E-state index in [1.54, 1.807) is 11.8 Å². The highest BCUT2D eigenvalue weighted by atomic mass is 32.2. The zero-order valence-electron chi connectivity index (χ0n) is 13.9. The zero-order chi connectivity index (χ0) is 16.3. The number of aryl methyl sites for hydroxylation is 3. The number of rotatable bonds is 4. The Labute approximate surface area is 137 Å². The molecule has 0 aromatic heterocycles. The van der Waals surface area contributed by atoms with E-state index in [1.807, 2.05) is 37.4 Å². The van der Waals surface area contributed by atoms with Gasteiger partial charge in [-0.25, -0.2) is 0 Å². The number of nitrogens with one attached hydrogen (secondary N) is 1. The van der Waals surface area contributed by atoms with Crippen molar-refractivity contribution in [2.45, 2.75) is 38.6 Å². The van der Waals surface area contributed by atoms with Crippen molar-refractivity contribution in [2.75, 3.05) is 6.26 Å². The number of thioether (sulfide) groups is 1. The highest BCUT2D eigenvalue weighted by Gasteiger charge is 2.16. The highest BCUT2D eigenvalue weighted by Crippen LogP contribution is 2.24. The number of benzene rings is 2. The van der Waals surface area contributed by atoms with Crippen molar-refractivity contribution in [3.8, 4) is 0 Å². The smallest absolute Gasteiger partial charge is 0.252 e. The van der Waals surface area contributed by atoms with E-state index in [-0.39, 0.29) is 11.9 Å². The number of amides is 1. The number of carbonyl (C=O) groups excluding carboxylic acids is 1. The van der Waals surface area contributed by atoms with Crippen LogP contribution in [0.5, 0.6) is 0 Å². The summed E-state index contributed by atoms with van der Waals surface area (Å²) in [5.74, 6) is -0.0184. The first-order chi connectivity index (χ1) is 10.4. The number of hydrogen-bond acceptors (Lipinski definition) is 2. The molecule has 0 aliphatic rings. The fraction of sp³-hybridized carbons (Fsp3) is 0.316. The van der Waals surface area contributed by atoms with Gasteiger partial charge in [0.2, 0.25) is 0 Å². The summed E-state index contributed by atoms with van der Waals surface area (Å²) in [6.45, 7) is 8.36. The lowest BCUT2D eigenvalue weighted by Crippen LogP contribution is -2.27. The van der Waals surface area contributed by atoms with Crippen molar-refractivity contribution >= 4 is 17.7 Å². The SMILES string of the molecule is CSc1ccccc1C(=O)N[C@@H](C)c1cc(C)c(C)cc1C. The molecule has 0 aliphatic carbocycles. The van der Waals surface area contributed by atoms with Crippen LogP contribution in [0.25, 0.3) is 0 Å². The van der Waals surface area contributed by atoms with E-state index < -0.39 is 0 Å². The monoisotopic (exact) mass is 313 g/mol. The van der Waals surface area contributed by atoms with Gasteiger partial charge in [0.05, 0.1) is 11.6 Å². The Kier molecular flexibility index (Phi) is 5.30. The summed E-state index contributed by atoms with van der Waals surface area (Å²) in [7, 11) is 0. The average molecular weight is 313 g/mol. The minimum atomic E-state index is -0.0184. The third-order valence-electron chi connectivity index (χ3n) is 4.05. The van der Waals surface area contributed by atoms with Crippen molar-refractivity contribution < 1.29 is 4.79 Å². The van der Waals surface area contributed by atoms with Gasteiger partial charge in [0.15, 0.2) is 0 Å². The van der Waals surface area contributed by atoms with Crippen molar-refractivity contribution in [1.82, 2.24) is 5.32 Å².